The molecule has 0 aliphatic heterocycles. The van der Waals surface area contributed by atoms with Crippen molar-refractivity contribution in [3.05, 3.63) is 76.5 Å². The first-order chi connectivity index (χ1) is 18.3. The Bertz CT molecular complexity index is 1480. The molecule has 0 bridgehead atoms. The molecule has 38 heavy (non-hydrogen) atoms. The molecular weight excluding hydrogens is 482 g/mol. The Morgan fingerprint density at radius 3 is 2.58 bits per heavy atom. The SMILES string of the molecule is Cc1c(NC(=O)[C@@H]2CCC[C@H](c3nnc(-c4ccccc4OC(C)C)o3)C2)c(=O)n(-c2ccccc2)n1C. The van der Waals surface area contributed by atoms with Gasteiger partial charge in [0.1, 0.15) is 11.4 Å². The zero-order chi connectivity index (χ0) is 26.8. The van der Waals surface area contributed by atoms with Crippen LogP contribution in [0, 0.1) is 12.8 Å². The van der Waals surface area contributed by atoms with Crippen LogP contribution in [0.5, 0.6) is 5.75 Å². The lowest BCUT2D eigenvalue weighted by Crippen LogP contribution is -2.30. The van der Waals surface area contributed by atoms with Gasteiger partial charge in [0.15, 0.2) is 0 Å². The van der Waals surface area contributed by atoms with Crippen LogP contribution in [0.2, 0.25) is 0 Å². The van der Waals surface area contributed by atoms with Gasteiger partial charge in [0, 0.05) is 18.9 Å². The highest BCUT2D eigenvalue weighted by molar-refractivity contribution is 5.93. The van der Waals surface area contributed by atoms with Gasteiger partial charge in [-0.3, -0.25) is 14.3 Å². The summed E-state index contributed by atoms with van der Waals surface area (Å²) >= 11 is 0. The van der Waals surface area contributed by atoms with Gasteiger partial charge in [-0.1, -0.05) is 36.8 Å². The van der Waals surface area contributed by atoms with Crippen LogP contribution < -0.4 is 15.6 Å². The highest BCUT2D eigenvalue weighted by Gasteiger charge is 2.32. The summed E-state index contributed by atoms with van der Waals surface area (Å²) in [6.07, 6.45) is 3.06. The third-order valence-electron chi connectivity index (χ3n) is 7.12. The number of nitrogens with one attached hydrogen (secondary N) is 1. The molecule has 1 saturated carbocycles. The van der Waals surface area contributed by atoms with Crippen molar-refractivity contribution in [2.45, 2.75) is 58.5 Å². The Labute approximate surface area is 221 Å². The third kappa shape index (κ3) is 5.01. The highest BCUT2D eigenvalue weighted by Crippen LogP contribution is 2.38. The van der Waals surface area contributed by atoms with E-state index in [1.54, 1.807) is 9.36 Å². The monoisotopic (exact) mass is 515 g/mol. The molecule has 1 aliphatic carbocycles. The maximum atomic E-state index is 13.3. The minimum atomic E-state index is -0.259. The third-order valence-corrected chi connectivity index (χ3v) is 7.12. The number of anilines is 1. The van der Waals surface area contributed by atoms with Crippen LogP contribution in [0.4, 0.5) is 5.69 Å². The lowest BCUT2D eigenvalue weighted by molar-refractivity contribution is -0.121. The Morgan fingerprint density at radius 2 is 1.82 bits per heavy atom. The molecule has 0 spiro atoms. The van der Waals surface area contributed by atoms with Crippen molar-refractivity contribution < 1.29 is 13.9 Å². The normalized spacial score (nSPS) is 17.5. The minimum Gasteiger partial charge on any atom is -0.490 e. The molecule has 2 aromatic carbocycles. The smallest absolute Gasteiger partial charge is 0.295 e. The van der Waals surface area contributed by atoms with Crippen LogP contribution in [-0.4, -0.2) is 31.6 Å². The second-order valence-electron chi connectivity index (χ2n) is 10.1. The number of rotatable bonds is 7. The Morgan fingerprint density at radius 1 is 1.08 bits per heavy atom. The number of carbonyl (C=O) groups is 1. The van der Waals surface area contributed by atoms with E-state index in [-0.39, 0.29) is 29.4 Å². The number of para-hydroxylation sites is 2. The molecular formula is C29H33N5O4. The first-order valence-electron chi connectivity index (χ1n) is 13.1. The van der Waals surface area contributed by atoms with Crippen molar-refractivity contribution >= 4 is 11.6 Å². The van der Waals surface area contributed by atoms with E-state index < -0.39 is 0 Å². The molecule has 0 unspecified atom stereocenters. The van der Waals surface area contributed by atoms with Crippen LogP contribution >= 0.6 is 0 Å². The lowest BCUT2D eigenvalue weighted by Gasteiger charge is -2.26. The van der Waals surface area contributed by atoms with Crippen LogP contribution in [0.3, 0.4) is 0 Å². The van der Waals surface area contributed by atoms with E-state index in [0.29, 0.717) is 35.3 Å². The standard InChI is InChI=1S/C29H33N5O4/c1-18(2)37-24-16-9-8-15-23(24)28-32-31-27(38-28)21-12-10-11-20(17-21)26(35)30-25-19(3)33(4)34(29(25)36)22-13-6-5-7-14-22/h5-9,13-16,18,20-21H,10-12,17H2,1-4H3,(H,30,35)/t20-,21+/m1/s1. The fraction of sp³-hybridized carbons (Fsp3) is 0.379. The summed E-state index contributed by atoms with van der Waals surface area (Å²) in [5, 5.41) is 11.5. The number of hydrogen-bond donors (Lipinski definition) is 1. The van der Waals surface area contributed by atoms with Crippen LogP contribution in [0.15, 0.2) is 63.8 Å². The molecule has 1 N–H and O–H groups in total. The maximum absolute atomic E-state index is 13.3. The molecule has 9 nitrogen and oxygen atoms in total. The molecule has 2 atom stereocenters. The molecule has 2 heterocycles. The minimum absolute atomic E-state index is 0.0150. The summed E-state index contributed by atoms with van der Waals surface area (Å²) < 4.78 is 15.3. The van der Waals surface area contributed by atoms with Crippen LogP contribution in [0.25, 0.3) is 17.1 Å². The van der Waals surface area contributed by atoms with E-state index in [4.69, 9.17) is 9.15 Å². The predicted octanol–water partition coefficient (Wildman–Crippen LogP) is 5.23. The van der Waals surface area contributed by atoms with Gasteiger partial charge < -0.3 is 14.5 Å². The molecule has 4 aromatic rings. The van der Waals surface area contributed by atoms with Gasteiger partial charge in [-0.25, -0.2) is 4.68 Å². The van der Waals surface area contributed by atoms with Gasteiger partial charge in [-0.2, -0.15) is 0 Å². The van der Waals surface area contributed by atoms with Gasteiger partial charge in [0.2, 0.25) is 11.8 Å². The molecule has 5 rings (SSSR count). The second-order valence-corrected chi connectivity index (χ2v) is 10.1. The van der Waals surface area contributed by atoms with E-state index in [9.17, 15) is 9.59 Å². The average Bonchev–Trinajstić information content (AvgIpc) is 3.49. The fourth-order valence-electron chi connectivity index (χ4n) is 5.10. The molecule has 0 radical (unpaired) electrons. The number of nitrogens with zero attached hydrogens (tertiary/aromatic N) is 4. The van der Waals surface area contributed by atoms with Crippen molar-refractivity contribution in [2.75, 3.05) is 5.32 Å². The van der Waals surface area contributed by atoms with E-state index in [2.05, 4.69) is 15.5 Å². The van der Waals surface area contributed by atoms with E-state index in [1.165, 1.54) is 0 Å². The average molecular weight is 516 g/mol. The molecule has 0 saturated heterocycles. The topological polar surface area (TPSA) is 104 Å². The van der Waals surface area contributed by atoms with Crippen LogP contribution in [0.1, 0.15) is 57.0 Å². The molecule has 1 fully saturated rings. The summed E-state index contributed by atoms with van der Waals surface area (Å²) in [6, 6.07) is 17.0. The van der Waals surface area contributed by atoms with Gasteiger partial charge in [-0.15, -0.1) is 10.2 Å². The largest absolute Gasteiger partial charge is 0.490 e. The zero-order valence-electron chi connectivity index (χ0n) is 22.2. The number of benzene rings is 2. The van der Waals surface area contributed by atoms with Crippen molar-refractivity contribution in [2.24, 2.45) is 13.0 Å². The summed E-state index contributed by atoms with van der Waals surface area (Å²) in [5.74, 6) is 1.18. The highest BCUT2D eigenvalue weighted by atomic mass is 16.5. The molecule has 9 heteroatoms. The van der Waals surface area contributed by atoms with Crippen LogP contribution in [-0.2, 0) is 11.8 Å². The maximum Gasteiger partial charge on any atom is 0.295 e. The fourth-order valence-corrected chi connectivity index (χ4v) is 5.10. The van der Waals surface area contributed by atoms with E-state index in [0.717, 1.165) is 30.5 Å². The number of amides is 1. The first-order valence-corrected chi connectivity index (χ1v) is 13.1. The van der Waals surface area contributed by atoms with Gasteiger partial charge >= 0.3 is 0 Å². The number of hydrogen-bond acceptors (Lipinski definition) is 6. The zero-order valence-corrected chi connectivity index (χ0v) is 22.2. The predicted molar refractivity (Wildman–Crippen MR) is 145 cm³/mol. The van der Waals surface area contributed by atoms with E-state index >= 15 is 0 Å². The quantitative estimate of drug-likeness (QED) is 0.361. The summed E-state index contributed by atoms with van der Waals surface area (Å²) in [7, 11) is 1.81. The lowest BCUT2D eigenvalue weighted by atomic mass is 9.81. The molecule has 198 valence electrons. The Hall–Kier alpha value is -4.14. The number of aromatic nitrogens is 4. The molecule has 1 aliphatic rings. The molecule has 1 amide bonds. The second kappa shape index (κ2) is 10.7. The summed E-state index contributed by atoms with van der Waals surface area (Å²) in [5.41, 5.74) is 2.25. The summed E-state index contributed by atoms with van der Waals surface area (Å²) in [6.45, 7) is 5.77. The summed E-state index contributed by atoms with van der Waals surface area (Å²) in [4.78, 5) is 26.6. The number of carbonyl (C=O) groups excluding carboxylic acids is 1. The first kappa shape index (κ1) is 25.5. The van der Waals surface area contributed by atoms with Gasteiger partial charge in [0.05, 0.1) is 23.0 Å². The Kier molecular flexibility index (Phi) is 7.18. The Balaban J connectivity index is 1.32. The molecule has 2 aromatic heterocycles. The van der Waals surface area contributed by atoms with Gasteiger partial charge in [0.25, 0.3) is 11.4 Å². The van der Waals surface area contributed by atoms with Crippen molar-refractivity contribution in [3.8, 4) is 22.9 Å². The number of ether oxygens (including phenoxy) is 1. The van der Waals surface area contributed by atoms with Crippen molar-refractivity contribution in [1.82, 2.24) is 19.6 Å². The van der Waals surface area contributed by atoms with Crippen molar-refractivity contribution in [1.29, 1.82) is 0 Å². The van der Waals surface area contributed by atoms with Crippen molar-refractivity contribution in [3.63, 3.8) is 0 Å². The van der Waals surface area contributed by atoms with Gasteiger partial charge in [-0.05, 0) is 64.3 Å². The van der Waals surface area contributed by atoms with E-state index in [1.807, 2.05) is 82.4 Å².